The van der Waals surface area contributed by atoms with Gasteiger partial charge in [-0.2, -0.15) is 0 Å². The SMILES string of the molecule is O=C(O)CCCN(CCc1ccc(F)cc1)C1CC1. The quantitative estimate of drug-likeness (QED) is 0.785. The fraction of sp³-hybridized carbons (Fsp3) is 0.533. The van der Waals surface area contributed by atoms with E-state index in [4.69, 9.17) is 5.11 Å². The minimum Gasteiger partial charge on any atom is -0.481 e. The molecule has 1 fully saturated rings. The van der Waals surface area contributed by atoms with Crippen LogP contribution in [0, 0.1) is 5.82 Å². The maximum atomic E-state index is 12.8. The number of carboxylic acids is 1. The predicted molar refractivity (Wildman–Crippen MR) is 71.6 cm³/mol. The van der Waals surface area contributed by atoms with Crippen molar-refractivity contribution < 1.29 is 14.3 Å². The summed E-state index contributed by atoms with van der Waals surface area (Å²) in [6, 6.07) is 7.24. The smallest absolute Gasteiger partial charge is 0.303 e. The number of hydrogen-bond donors (Lipinski definition) is 1. The highest BCUT2D eigenvalue weighted by Gasteiger charge is 2.28. The first kappa shape index (κ1) is 14.0. The van der Waals surface area contributed by atoms with Crippen molar-refractivity contribution in [2.24, 2.45) is 0 Å². The van der Waals surface area contributed by atoms with Gasteiger partial charge in [0, 0.05) is 19.0 Å². The van der Waals surface area contributed by atoms with Crippen LogP contribution in [0.15, 0.2) is 24.3 Å². The van der Waals surface area contributed by atoms with Gasteiger partial charge in [0.05, 0.1) is 0 Å². The molecule has 3 nitrogen and oxygen atoms in total. The molecular weight excluding hydrogens is 245 g/mol. The number of carboxylic acid groups (broad SMARTS) is 1. The predicted octanol–water partition coefficient (Wildman–Crippen LogP) is 2.70. The average Bonchev–Trinajstić information content (AvgIpc) is 3.19. The molecular formula is C15H20FNO2. The first-order valence-corrected chi connectivity index (χ1v) is 6.85. The van der Waals surface area contributed by atoms with Gasteiger partial charge >= 0.3 is 5.97 Å². The minimum atomic E-state index is -0.728. The molecule has 2 rings (SSSR count). The summed E-state index contributed by atoms with van der Waals surface area (Å²) in [5.41, 5.74) is 1.13. The van der Waals surface area contributed by atoms with Gasteiger partial charge in [0.1, 0.15) is 5.82 Å². The van der Waals surface area contributed by atoms with Crippen LogP contribution in [0.5, 0.6) is 0 Å². The van der Waals surface area contributed by atoms with E-state index in [9.17, 15) is 9.18 Å². The molecule has 0 amide bonds. The van der Waals surface area contributed by atoms with Gasteiger partial charge in [-0.15, -0.1) is 0 Å². The molecule has 1 aliphatic carbocycles. The molecule has 0 heterocycles. The normalized spacial score (nSPS) is 14.8. The van der Waals surface area contributed by atoms with Gasteiger partial charge in [0.25, 0.3) is 0 Å². The molecule has 0 unspecified atom stereocenters. The Balaban J connectivity index is 1.76. The first-order valence-electron chi connectivity index (χ1n) is 6.85. The highest BCUT2D eigenvalue weighted by atomic mass is 19.1. The van der Waals surface area contributed by atoms with E-state index in [1.807, 2.05) is 12.1 Å². The molecule has 0 atom stereocenters. The summed E-state index contributed by atoms with van der Waals surface area (Å²) in [5.74, 6) is -0.932. The van der Waals surface area contributed by atoms with Crippen LogP contribution in [0.3, 0.4) is 0 Å². The van der Waals surface area contributed by atoms with E-state index in [-0.39, 0.29) is 12.2 Å². The summed E-state index contributed by atoms with van der Waals surface area (Å²) in [7, 11) is 0. The number of hydrogen-bond acceptors (Lipinski definition) is 2. The Morgan fingerprint density at radius 3 is 2.53 bits per heavy atom. The fourth-order valence-corrected chi connectivity index (χ4v) is 2.27. The van der Waals surface area contributed by atoms with E-state index in [2.05, 4.69) is 4.90 Å². The van der Waals surface area contributed by atoms with Crippen LogP contribution in [0.25, 0.3) is 0 Å². The van der Waals surface area contributed by atoms with Crippen LogP contribution >= 0.6 is 0 Å². The van der Waals surface area contributed by atoms with Crippen molar-refractivity contribution >= 4 is 5.97 Å². The molecule has 0 aliphatic heterocycles. The molecule has 19 heavy (non-hydrogen) atoms. The molecule has 104 valence electrons. The zero-order valence-corrected chi connectivity index (χ0v) is 11.0. The van der Waals surface area contributed by atoms with E-state index in [0.717, 1.165) is 25.1 Å². The molecule has 0 aromatic heterocycles. The van der Waals surface area contributed by atoms with Gasteiger partial charge in [0.2, 0.25) is 0 Å². The van der Waals surface area contributed by atoms with E-state index in [0.29, 0.717) is 12.5 Å². The number of carbonyl (C=O) groups is 1. The van der Waals surface area contributed by atoms with Crippen LogP contribution in [0.4, 0.5) is 4.39 Å². The summed E-state index contributed by atoms with van der Waals surface area (Å²) in [6.07, 6.45) is 4.27. The van der Waals surface area contributed by atoms with E-state index >= 15 is 0 Å². The van der Waals surface area contributed by atoms with Crippen LogP contribution in [-0.4, -0.2) is 35.1 Å². The van der Waals surface area contributed by atoms with Crippen molar-refractivity contribution in [3.8, 4) is 0 Å². The monoisotopic (exact) mass is 265 g/mol. The second-order valence-corrected chi connectivity index (χ2v) is 5.14. The Kier molecular flexibility index (Phi) is 4.91. The summed E-state index contributed by atoms with van der Waals surface area (Å²) >= 11 is 0. The largest absolute Gasteiger partial charge is 0.481 e. The Hall–Kier alpha value is -1.42. The molecule has 1 aliphatic rings. The zero-order valence-electron chi connectivity index (χ0n) is 11.0. The third kappa shape index (κ3) is 4.99. The van der Waals surface area contributed by atoms with Gasteiger partial charge < -0.3 is 10.0 Å². The molecule has 1 saturated carbocycles. The van der Waals surface area contributed by atoms with Crippen LogP contribution in [-0.2, 0) is 11.2 Å². The lowest BCUT2D eigenvalue weighted by Gasteiger charge is -2.21. The van der Waals surface area contributed by atoms with Crippen molar-refractivity contribution in [3.63, 3.8) is 0 Å². The van der Waals surface area contributed by atoms with Crippen LogP contribution < -0.4 is 0 Å². The Labute approximate surface area is 113 Å². The van der Waals surface area contributed by atoms with E-state index in [1.54, 1.807) is 0 Å². The fourth-order valence-electron chi connectivity index (χ4n) is 2.27. The highest BCUT2D eigenvalue weighted by molar-refractivity contribution is 5.66. The lowest BCUT2D eigenvalue weighted by atomic mass is 10.1. The molecule has 0 spiro atoms. The van der Waals surface area contributed by atoms with Gasteiger partial charge in [-0.1, -0.05) is 12.1 Å². The van der Waals surface area contributed by atoms with Gasteiger partial charge in [-0.3, -0.25) is 4.79 Å². The summed E-state index contributed by atoms with van der Waals surface area (Å²) in [6.45, 7) is 1.77. The molecule has 0 bridgehead atoms. The molecule has 4 heteroatoms. The lowest BCUT2D eigenvalue weighted by molar-refractivity contribution is -0.137. The third-order valence-electron chi connectivity index (χ3n) is 3.50. The van der Waals surface area contributed by atoms with Crippen molar-refractivity contribution in [2.45, 2.75) is 38.1 Å². The van der Waals surface area contributed by atoms with Crippen molar-refractivity contribution in [1.29, 1.82) is 0 Å². The van der Waals surface area contributed by atoms with E-state index < -0.39 is 5.97 Å². The summed E-state index contributed by atoms with van der Waals surface area (Å²) < 4.78 is 12.8. The number of rotatable bonds is 8. The Morgan fingerprint density at radius 1 is 1.26 bits per heavy atom. The Bertz CT molecular complexity index is 415. The maximum absolute atomic E-state index is 12.8. The molecule has 0 saturated heterocycles. The molecule has 1 aromatic carbocycles. The van der Waals surface area contributed by atoms with Gasteiger partial charge in [0.15, 0.2) is 0 Å². The summed E-state index contributed by atoms with van der Waals surface area (Å²) in [5, 5.41) is 8.66. The van der Waals surface area contributed by atoms with Gasteiger partial charge in [-0.05, 0) is 49.9 Å². The third-order valence-corrected chi connectivity index (χ3v) is 3.50. The number of aliphatic carboxylic acids is 1. The number of benzene rings is 1. The summed E-state index contributed by atoms with van der Waals surface area (Å²) in [4.78, 5) is 12.9. The zero-order chi connectivity index (χ0) is 13.7. The Morgan fingerprint density at radius 2 is 1.95 bits per heavy atom. The minimum absolute atomic E-state index is 0.204. The van der Waals surface area contributed by atoms with Crippen LogP contribution in [0.1, 0.15) is 31.2 Å². The topological polar surface area (TPSA) is 40.5 Å². The lowest BCUT2D eigenvalue weighted by Crippen LogP contribution is -2.29. The van der Waals surface area contributed by atoms with Crippen LogP contribution in [0.2, 0.25) is 0 Å². The highest BCUT2D eigenvalue weighted by Crippen LogP contribution is 2.27. The van der Waals surface area contributed by atoms with Crippen molar-refractivity contribution in [2.75, 3.05) is 13.1 Å². The van der Waals surface area contributed by atoms with E-state index in [1.165, 1.54) is 25.0 Å². The molecule has 1 aromatic rings. The number of halogens is 1. The second kappa shape index (κ2) is 6.66. The molecule has 1 N–H and O–H groups in total. The van der Waals surface area contributed by atoms with Crippen molar-refractivity contribution in [3.05, 3.63) is 35.6 Å². The standard InChI is InChI=1S/C15H20FNO2/c16-13-5-3-12(4-6-13)9-11-17(14-7-8-14)10-1-2-15(18)19/h3-6,14H,1-2,7-11H2,(H,18,19). The molecule has 0 radical (unpaired) electrons. The number of nitrogens with zero attached hydrogens (tertiary/aromatic N) is 1. The average molecular weight is 265 g/mol. The first-order chi connectivity index (χ1) is 9.15. The maximum Gasteiger partial charge on any atom is 0.303 e. The van der Waals surface area contributed by atoms with Gasteiger partial charge in [-0.25, -0.2) is 4.39 Å². The second-order valence-electron chi connectivity index (χ2n) is 5.14. The van der Waals surface area contributed by atoms with Crippen molar-refractivity contribution in [1.82, 2.24) is 4.90 Å².